The van der Waals surface area contributed by atoms with Crippen LogP contribution in [-0.4, -0.2) is 29.2 Å². The number of rotatable bonds is 4. The molecule has 0 amide bonds. The molecule has 0 bridgehead atoms. The van der Waals surface area contributed by atoms with E-state index in [4.69, 9.17) is 4.74 Å². The van der Waals surface area contributed by atoms with E-state index in [2.05, 4.69) is 0 Å². The number of methoxy groups -OCH3 is 1. The monoisotopic (exact) mass is 335 g/mol. The molecular formula is C21H21NO3. The van der Waals surface area contributed by atoms with E-state index in [1.165, 1.54) is 7.11 Å². The van der Waals surface area contributed by atoms with Crippen molar-refractivity contribution in [2.75, 3.05) is 7.11 Å². The smallest absolute Gasteiger partial charge is 0.337 e. The number of aliphatic hydroxyl groups excluding tert-OH is 1. The van der Waals surface area contributed by atoms with Crippen molar-refractivity contribution in [1.29, 1.82) is 0 Å². The van der Waals surface area contributed by atoms with Gasteiger partial charge in [0.25, 0.3) is 0 Å². The fourth-order valence-corrected chi connectivity index (χ4v) is 2.95. The molecule has 2 aromatic carbocycles. The van der Waals surface area contributed by atoms with Crippen molar-refractivity contribution >= 4 is 5.97 Å². The van der Waals surface area contributed by atoms with Gasteiger partial charge in [0.2, 0.25) is 0 Å². The zero-order valence-electron chi connectivity index (χ0n) is 14.1. The second kappa shape index (κ2) is 7.81. The minimum atomic E-state index is -0.966. The van der Waals surface area contributed by atoms with E-state index in [9.17, 15) is 9.90 Å². The zero-order valence-corrected chi connectivity index (χ0v) is 14.1. The molecule has 4 nitrogen and oxygen atoms in total. The molecule has 0 unspecified atom stereocenters. The van der Waals surface area contributed by atoms with Crippen LogP contribution in [0.3, 0.4) is 0 Å². The molecule has 3 rings (SSSR count). The largest absolute Gasteiger partial charge is 0.466 e. The fourth-order valence-electron chi connectivity index (χ4n) is 2.95. The summed E-state index contributed by atoms with van der Waals surface area (Å²) in [4.78, 5) is 14.1. The summed E-state index contributed by atoms with van der Waals surface area (Å²) in [6, 6.07) is 19.6. The fraction of sp³-hybridized carbons (Fsp3) is 0.190. The zero-order chi connectivity index (χ0) is 17.6. The topological polar surface area (TPSA) is 49.8 Å². The molecule has 0 aromatic heterocycles. The van der Waals surface area contributed by atoms with Gasteiger partial charge in [0, 0.05) is 24.9 Å². The number of carbonyl (C=O) groups is 1. The summed E-state index contributed by atoms with van der Waals surface area (Å²) in [6.07, 6.45) is 4.54. The number of esters is 1. The Bertz CT molecular complexity index is 768. The average molecular weight is 335 g/mol. The Morgan fingerprint density at radius 3 is 2.36 bits per heavy atom. The molecule has 0 aliphatic carbocycles. The molecule has 1 aliphatic heterocycles. The van der Waals surface area contributed by atoms with Gasteiger partial charge in [-0.25, -0.2) is 4.79 Å². The number of aliphatic hydroxyl groups is 1. The lowest BCUT2D eigenvalue weighted by Crippen LogP contribution is -2.25. The molecule has 2 aromatic rings. The molecule has 25 heavy (non-hydrogen) atoms. The molecule has 0 saturated carbocycles. The van der Waals surface area contributed by atoms with Crippen molar-refractivity contribution < 1.29 is 14.6 Å². The molecule has 2 atom stereocenters. The first-order valence-electron chi connectivity index (χ1n) is 8.20. The van der Waals surface area contributed by atoms with Crippen molar-refractivity contribution in [2.45, 2.75) is 18.6 Å². The van der Waals surface area contributed by atoms with Gasteiger partial charge in [-0.1, -0.05) is 66.7 Å². The van der Waals surface area contributed by atoms with E-state index in [0.29, 0.717) is 6.54 Å². The molecule has 1 aliphatic rings. The second-order valence-electron chi connectivity index (χ2n) is 5.96. The van der Waals surface area contributed by atoms with Crippen LogP contribution < -0.4 is 0 Å². The lowest BCUT2D eigenvalue weighted by Gasteiger charge is -2.20. The van der Waals surface area contributed by atoms with E-state index in [1.54, 1.807) is 6.20 Å². The number of carbonyl (C=O) groups excluding carboxylic acids is 1. The second-order valence-corrected chi connectivity index (χ2v) is 5.96. The van der Waals surface area contributed by atoms with Crippen LogP contribution in [0.4, 0.5) is 0 Å². The highest BCUT2D eigenvalue weighted by Gasteiger charge is 2.30. The Morgan fingerprint density at radius 1 is 1.08 bits per heavy atom. The Labute approximate surface area is 147 Å². The van der Waals surface area contributed by atoms with E-state index >= 15 is 0 Å². The summed E-state index contributed by atoms with van der Waals surface area (Å²) in [5.74, 6) is -0.831. The van der Waals surface area contributed by atoms with Crippen LogP contribution in [-0.2, 0) is 16.1 Å². The van der Waals surface area contributed by atoms with Gasteiger partial charge in [-0.3, -0.25) is 0 Å². The molecule has 128 valence electrons. The summed E-state index contributed by atoms with van der Waals surface area (Å²) in [7, 11) is 1.33. The maximum absolute atomic E-state index is 12.2. The third-order valence-electron chi connectivity index (χ3n) is 4.26. The predicted octanol–water partition coefficient (Wildman–Crippen LogP) is 3.22. The SMILES string of the molecule is COC(=O)C1=CN(Cc2ccccc2)C=C[C@H](c2ccccc2)[C@@H]1O. The Balaban J connectivity index is 1.94. The van der Waals surface area contributed by atoms with E-state index in [-0.39, 0.29) is 11.5 Å². The Morgan fingerprint density at radius 2 is 1.72 bits per heavy atom. The highest BCUT2D eigenvalue weighted by molar-refractivity contribution is 5.89. The predicted molar refractivity (Wildman–Crippen MR) is 96.4 cm³/mol. The molecule has 0 fully saturated rings. The molecule has 0 radical (unpaired) electrons. The molecule has 0 saturated heterocycles. The van der Waals surface area contributed by atoms with Gasteiger partial charge < -0.3 is 14.7 Å². The number of benzene rings is 2. The summed E-state index contributed by atoms with van der Waals surface area (Å²) in [5.41, 5.74) is 2.31. The lowest BCUT2D eigenvalue weighted by molar-refractivity contribution is -0.137. The van der Waals surface area contributed by atoms with Crippen molar-refractivity contribution in [3.63, 3.8) is 0 Å². The molecule has 1 heterocycles. The van der Waals surface area contributed by atoms with Gasteiger partial charge in [-0.05, 0) is 11.1 Å². The highest BCUT2D eigenvalue weighted by atomic mass is 16.5. The Kier molecular flexibility index (Phi) is 5.31. The minimum absolute atomic E-state index is 0.247. The standard InChI is InChI=1S/C21H21NO3/c1-25-21(24)19-15-22(14-16-8-4-2-5-9-16)13-12-18(20(19)23)17-10-6-3-7-11-17/h2-13,15,18,20,23H,14H2,1H3/t18-,20+/m1/s1. The van der Waals surface area contributed by atoms with Crippen molar-refractivity contribution in [3.05, 3.63) is 95.8 Å². The molecular weight excluding hydrogens is 314 g/mol. The minimum Gasteiger partial charge on any atom is -0.466 e. The van der Waals surface area contributed by atoms with Crippen LogP contribution >= 0.6 is 0 Å². The molecule has 0 spiro atoms. The summed E-state index contributed by atoms with van der Waals surface area (Å²) in [6.45, 7) is 0.603. The van der Waals surface area contributed by atoms with E-state index in [1.807, 2.05) is 77.8 Å². The lowest BCUT2D eigenvalue weighted by atomic mass is 9.89. The van der Waals surface area contributed by atoms with Gasteiger partial charge >= 0.3 is 5.97 Å². The van der Waals surface area contributed by atoms with Crippen molar-refractivity contribution in [1.82, 2.24) is 4.90 Å². The van der Waals surface area contributed by atoms with Crippen LogP contribution in [0, 0.1) is 0 Å². The summed E-state index contributed by atoms with van der Waals surface area (Å²) >= 11 is 0. The summed E-state index contributed by atoms with van der Waals surface area (Å²) < 4.78 is 4.88. The van der Waals surface area contributed by atoms with Crippen LogP contribution in [0.25, 0.3) is 0 Å². The van der Waals surface area contributed by atoms with Crippen LogP contribution in [0.15, 0.2) is 84.7 Å². The number of hydrogen-bond donors (Lipinski definition) is 1. The average Bonchev–Trinajstić information content (AvgIpc) is 2.82. The number of hydrogen-bond acceptors (Lipinski definition) is 4. The molecule has 1 N–H and O–H groups in total. The van der Waals surface area contributed by atoms with Gasteiger partial charge in [-0.15, -0.1) is 0 Å². The van der Waals surface area contributed by atoms with E-state index < -0.39 is 12.1 Å². The highest BCUT2D eigenvalue weighted by Crippen LogP contribution is 2.29. The number of nitrogens with zero attached hydrogens (tertiary/aromatic N) is 1. The molecule has 4 heteroatoms. The van der Waals surface area contributed by atoms with Gasteiger partial charge in [-0.2, -0.15) is 0 Å². The van der Waals surface area contributed by atoms with Gasteiger partial charge in [0.1, 0.15) is 0 Å². The van der Waals surface area contributed by atoms with Crippen LogP contribution in [0.2, 0.25) is 0 Å². The number of ether oxygens (including phenoxy) is 1. The Hall–Kier alpha value is -2.85. The maximum Gasteiger partial charge on any atom is 0.337 e. The van der Waals surface area contributed by atoms with Crippen LogP contribution in [0.1, 0.15) is 17.0 Å². The van der Waals surface area contributed by atoms with Crippen molar-refractivity contribution in [2.24, 2.45) is 0 Å². The van der Waals surface area contributed by atoms with E-state index in [0.717, 1.165) is 11.1 Å². The van der Waals surface area contributed by atoms with Gasteiger partial charge in [0.05, 0.1) is 18.8 Å². The summed E-state index contributed by atoms with van der Waals surface area (Å²) in [5, 5.41) is 10.8. The first-order valence-corrected chi connectivity index (χ1v) is 8.20. The van der Waals surface area contributed by atoms with Gasteiger partial charge in [0.15, 0.2) is 0 Å². The maximum atomic E-state index is 12.2. The first kappa shape index (κ1) is 17.0. The third kappa shape index (κ3) is 3.98. The van der Waals surface area contributed by atoms with Crippen LogP contribution in [0.5, 0.6) is 0 Å². The normalized spacial score (nSPS) is 19.9. The first-order chi connectivity index (χ1) is 12.2. The third-order valence-corrected chi connectivity index (χ3v) is 4.26. The quantitative estimate of drug-likeness (QED) is 0.872. The van der Waals surface area contributed by atoms with Crippen molar-refractivity contribution in [3.8, 4) is 0 Å².